The molecule has 0 saturated carbocycles. The van der Waals surface area contributed by atoms with E-state index in [1.165, 1.54) is 48.1 Å². The van der Waals surface area contributed by atoms with Crippen molar-refractivity contribution in [2.45, 2.75) is 45.4 Å². The number of hydrogen-bond acceptors (Lipinski definition) is 2. The first-order valence-electron chi connectivity index (χ1n) is 10.8. The van der Waals surface area contributed by atoms with Gasteiger partial charge in [0.15, 0.2) is 23.8 Å². The molecule has 0 amide bonds. The molecule has 154 valence electrons. The largest absolute Gasteiger partial charge is 0.493 e. The summed E-state index contributed by atoms with van der Waals surface area (Å²) in [5.74, 6) is 1.65. The summed E-state index contributed by atoms with van der Waals surface area (Å²) < 4.78 is 13.7. The maximum Gasteiger partial charge on any atom is 0.183 e. The van der Waals surface area contributed by atoms with E-state index in [2.05, 4.69) is 66.1 Å². The lowest BCUT2D eigenvalue weighted by Gasteiger charge is -2.20. The molecule has 0 saturated heterocycles. The van der Waals surface area contributed by atoms with Crippen molar-refractivity contribution in [3.05, 3.63) is 65.2 Å². The van der Waals surface area contributed by atoms with E-state index in [0.717, 1.165) is 37.4 Å². The molecule has 29 heavy (non-hydrogen) atoms. The number of unbranched alkanes of at least 4 members (excludes halogenated alkanes) is 3. The molecule has 0 N–H and O–H groups in total. The second kappa shape index (κ2) is 10.8. The number of ether oxygens (including phenoxy) is 2. The molecule has 0 unspecified atom stereocenters. The number of fused-ring (bicyclic) bond motifs is 1. The molecule has 3 heteroatoms. The molecule has 0 spiro atoms. The van der Waals surface area contributed by atoms with Crippen LogP contribution in [-0.4, -0.2) is 37.6 Å². The fourth-order valence-corrected chi connectivity index (χ4v) is 4.05. The van der Waals surface area contributed by atoms with Gasteiger partial charge in [-0.3, -0.25) is 0 Å². The highest BCUT2D eigenvalue weighted by atomic mass is 16.5. The quantitative estimate of drug-likeness (QED) is 0.379. The predicted octanol–water partition coefficient (Wildman–Crippen LogP) is 5.75. The Morgan fingerprint density at radius 3 is 2.45 bits per heavy atom. The van der Waals surface area contributed by atoms with Gasteiger partial charge in [-0.1, -0.05) is 62.6 Å². The van der Waals surface area contributed by atoms with Crippen LogP contribution in [0.15, 0.2) is 48.5 Å². The van der Waals surface area contributed by atoms with Crippen molar-refractivity contribution < 1.29 is 14.0 Å². The van der Waals surface area contributed by atoms with E-state index in [4.69, 9.17) is 9.47 Å². The molecule has 3 rings (SSSR count). The summed E-state index contributed by atoms with van der Waals surface area (Å²) in [6.45, 7) is 4.25. The highest BCUT2D eigenvalue weighted by Crippen LogP contribution is 2.33. The zero-order chi connectivity index (χ0) is 20.5. The lowest BCUT2D eigenvalue weighted by Crippen LogP contribution is -2.30. The van der Waals surface area contributed by atoms with Gasteiger partial charge >= 0.3 is 0 Å². The van der Waals surface area contributed by atoms with Gasteiger partial charge < -0.3 is 9.47 Å². The zero-order valence-corrected chi connectivity index (χ0v) is 18.1. The molecule has 0 bridgehead atoms. The van der Waals surface area contributed by atoms with Crippen molar-refractivity contribution in [1.29, 1.82) is 0 Å². The second-order valence-corrected chi connectivity index (χ2v) is 7.63. The van der Waals surface area contributed by atoms with Gasteiger partial charge in [0.25, 0.3) is 0 Å². The molecule has 1 aliphatic heterocycles. The Balaban J connectivity index is 1.88. The van der Waals surface area contributed by atoms with Crippen LogP contribution in [0.5, 0.6) is 11.5 Å². The molecule has 3 nitrogen and oxygen atoms in total. The molecule has 1 aliphatic rings. The van der Waals surface area contributed by atoms with Gasteiger partial charge in [0.1, 0.15) is 6.54 Å². The maximum atomic E-state index is 5.60. The number of benzene rings is 2. The fourth-order valence-electron chi connectivity index (χ4n) is 4.05. The average Bonchev–Trinajstić information content (AvgIpc) is 2.77. The Kier molecular flexibility index (Phi) is 7.92. The predicted molar refractivity (Wildman–Crippen MR) is 122 cm³/mol. The summed E-state index contributed by atoms with van der Waals surface area (Å²) in [6.07, 6.45) is 11.7. The zero-order valence-electron chi connectivity index (χ0n) is 18.1. The van der Waals surface area contributed by atoms with Gasteiger partial charge in [0, 0.05) is 18.4 Å². The van der Waals surface area contributed by atoms with Crippen molar-refractivity contribution in [3.63, 3.8) is 0 Å². The standard InChI is InChI=1S/C26H34NO2/c1-4-5-6-10-15-24-23-20-26(29-3)25(28-2)19-22(23)16-18-27(24)17-11-14-21-12-8-7-9-13-21/h7-9,11-14,19-20H,4-6,10,15-18H2,1-3H3/q+1. The Morgan fingerprint density at radius 1 is 0.966 bits per heavy atom. The summed E-state index contributed by atoms with van der Waals surface area (Å²) in [7, 11) is 3.43. The molecule has 0 radical (unpaired) electrons. The van der Waals surface area contributed by atoms with Crippen molar-refractivity contribution in [2.75, 3.05) is 27.3 Å². The highest BCUT2D eigenvalue weighted by molar-refractivity contribution is 5.99. The SMILES string of the molecule is CCCCCCC1=[N+](CC=Cc2ccccc2)CCc2cc(OC)c(OC)cc21. The maximum absolute atomic E-state index is 5.60. The van der Waals surface area contributed by atoms with E-state index in [9.17, 15) is 0 Å². The van der Waals surface area contributed by atoms with E-state index in [-0.39, 0.29) is 0 Å². The van der Waals surface area contributed by atoms with Crippen molar-refractivity contribution >= 4 is 11.8 Å². The molecule has 0 fully saturated rings. The molecule has 0 atom stereocenters. The normalized spacial score (nSPS) is 13.6. The molecule has 0 aromatic heterocycles. The first-order valence-corrected chi connectivity index (χ1v) is 10.8. The first-order chi connectivity index (χ1) is 14.3. The lowest BCUT2D eigenvalue weighted by molar-refractivity contribution is -0.519. The van der Waals surface area contributed by atoms with Gasteiger partial charge in [-0.2, -0.15) is 0 Å². The molecule has 2 aromatic rings. The summed E-state index contributed by atoms with van der Waals surface area (Å²) in [5.41, 5.74) is 5.40. The summed E-state index contributed by atoms with van der Waals surface area (Å²) >= 11 is 0. The van der Waals surface area contributed by atoms with Gasteiger partial charge in [-0.25, -0.2) is 4.58 Å². The molecular weight excluding hydrogens is 358 g/mol. The summed E-state index contributed by atoms with van der Waals surface area (Å²) in [6, 6.07) is 14.9. The minimum atomic E-state index is 0.819. The van der Waals surface area contributed by atoms with Crippen LogP contribution < -0.4 is 9.47 Å². The minimum absolute atomic E-state index is 0.819. The summed E-state index contributed by atoms with van der Waals surface area (Å²) in [5, 5.41) is 0. The third kappa shape index (κ3) is 5.50. The van der Waals surface area contributed by atoms with Gasteiger partial charge in [0.2, 0.25) is 0 Å². The van der Waals surface area contributed by atoms with Crippen LogP contribution in [0.4, 0.5) is 0 Å². The van der Waals surface area contributed by atoms with Gasteiger partial charge in [0.05, 0.1) is 14.2 Å². The minimum Gasteiger partial charge on any atom is -0.493 e. The third-order valence-corrected chi connectivity index (χ3v) is 5.66. The second-order valence-electron chi connectivity index (χ2n) is 7.63. The van der Waals surface area contributed by atoms with Crippen LogP contribution in [0.1, 0.15) is 55.7 Å². The smallest absolute Gasteiger partial charge is 0.183 e. The van der Waals surface area contributed by atoms with E-state index >= 15 is 0 Å². The van der Waals surface area contributed by atoms with Gasteiger partial charge in [-0.05, 0) is 35.8 Å². The number of rotatable bonds is 10. The van der Waals surface area contributed by atoms with E-state index in [1.807, 2.05) is 0 Å². The Labute approximate surface area is 175 Å². The summed E-state index contributed by atoms with van der Waals surface area (Å²) in [4.78, 5) is 0. The average molecular weight is 393 g/mol. The van der Waals surface area contributed by atoms with Crippen molar-refractivity contribution in [2.24, 2.45) is 0 Å². The molecular formula is C26H34NO2+. The van der Waals surface area contributed by atoms with Crippen LogP contribution >= 0.6 is 0 Å². The van der Waals surface area contributed by atoms with E-state index in [1.54, 1.807) is 14.2 Å². The monoisotopic (exact) mass is 392 g/mol. The van der Waals surface area contributed by atoms with Crippen LogP contribution in [0.2, 0.25) is 0 Å². The molecule has 0 aliphatic carbocycles. The van der Waals surface area contributed by atoms with Crippen LogP contribution in [0.3, 0.4) is 0 Å². The van der Waals surface area contributed by atoms with Crippen LogP contribution in [0.25, 0.3) is 6.08 Å². The highest BCUT2D eigenvalue weighted by Gasteiger charge is 2.26. The number of hydrogen-bond donors (Lipinski definition) is 0. The Hall–Kier alpha value is -2.55. The van der Waals surface area contributed by atoms with Crippen molar-refractivity contribution in [3.8, 4) is 11.5 Å². The Bertz CT molecular complexity index is 853. The number of methoxy groups -OCH3 is 2. The fraction of sp³-hybridized carbons (Fsp3) is 0.423. The van der Waals surface area contributed by atoms with E-state index in [0.29, 0.717) is 0 Å². The molecule has 1 heterocycles. The van der Waals surface area contributed by atoms with Gasteiger partial charge in [-0.15, -0.1) is 0 Å². The molecule has 2 aromatic carbocycles. The first kappa shape index (κ1) is 21.2. The Morgan fingerprint density at radius 2 is 1.72 bits per heavy atom. The van der Waals surface area contributed by atoms with Crippen molar-refractivity contribution in [1.82, 2.24) is 0 Å². The topological polar surface area (TPSA) is 21.5 Å². The lowest BCUT2D eigenvalue weighted by atomic mass is 9.92. The third-order valence-electron chi connectivity index (χ3n) is 5.66. The van der Waals surface area contributed by atoms with E-state index < -0.39 is 0 Å². The van der Waals surface area contributed by atoms with Crippen LogP contribution in [-0.2, 0) is 6.42 Å². The van der Waals surface area contributed by atoms with Crippen LogP contribution in [0, 0.1) is 0 Å². The number of nitrogens with zero attached hydrogens (tertiary/aromatic N) is 1.